The van der Waals surface area contributed by atoms with Gasteiger partial charge in [-0.1, -0.05) is 56.5 Å². The van der Waals surface area contributed by atoms with Crippen molar-refractivity contribution in [3.8, 4) is 0 Å². The van der Waals surface area contributed by atoms with Gasteiger partial charge >= 0.3 is 0 Å². The van der Waals surface area contributed by atoms with E-state index in [2.05, 4.69) is 24.0 Å². The number of nitrogens with two attached hydrogens (primary N) is 1. The van der Waals surface area contributed by atoms with Crippen molar-refractivity contribution in [2.45, 2.75) is 58.5 Å². The summed E-state index contributed by atoms with van der Waals surface area (Å²) in [4.78, 5) is 17.9. The first-order valence-corrected chi connectivity index (χ1v) is 9.32. The molecular weight excluding hydrogens is 310 g/mol. The van der Waals surface area contributed by atoms with E-state index >= 15 is 0 Å². The standard InChI is InChI=1S/C21H31N3O/c1-3-4-5-9-12-24(16-18-10-7-6-8-11-18)21(25)20(22)13-19-15-23-14-17(19)2/h6-8,10-11,14-15,20,23H,3-5,9,12-13,16,22H2,1-2H3. The number of aryl methyl sites for hydroxylation is 1. The number of carbonyl (C=O) groups excluding carboxylic acids is 1. The third kappa shape index (κ3) is 6.05. The summed E-state index contributed by atoms with van der Waals surface area (Å²) in [6.07, 6.45) is 9.04. The zero-order valence-electron chi connectivity index (χ0n) is 15.5. The van der Waals surface area contributed by atoms with Crippen molar-refractivity contribution in [2.75, 3.05) is 6.54 Å². The van der Waals surface area contributed by atoms with Gasteiger partial charge in [-0.3, -0.25) is 4.79 Å². The number of unbranched alkanes of at least 4 members (excludes halogenated alkanes) is 3. The summed E-state index contributed by atoms with van der Waals surface area (Å²) in [6.45, 7) is 5.64. The third-order valence-corrected chi connectivity index (χ3v) is 4.63. The van der Waals surface area contributed by atoms with Crippen LogP contribution in [0.15, 0.2) is 42.7 Å². The summed E-state index contributed by atoms with van der Waals surface area (Å²) < 4.78 is 0. The summed E-state index contributed by atoms with van der Waals surface area (Å²) in [7, 11) is 0. The highest BCUT2D eigenvalue weighted by atomic mass is 16.2. The van der Waals surface area contributed by atoms with E-state index in [0.29, 0.717) is 13.0 Å². The Morgan fingerprint density at radius 1 is 1.16 bits per heavy atom. The minimum Gasteiger partial charge on any atom is -0.367 e. The van der Waals surface area contributed by atoms with Gasteiger partial charge in [0, 0.05) is 25.5 Å². The zero-order valence-corrected chi connectivity index (χ0v) is 15.5. The Bertz CT molecular complexity index is 636. The number of rotatable bonds is 10. The van der Waals surface area contributed by atoms with Gasteiger partial charge in [-0.15, -0.1) is 0 Å². The highest BCUT2D eigenvalue weighted by molar-refractivity contribution is 5.82. The van der Waals surface area contributed by atoms with E-state index in [-0.39, 0.29) is 5.91 Å². The Balaban J connectivity index is 2.01. The highest BCUT2D eigenvalue weighted by Gasteiger charge is 2.22. The Morgan fingerprint density at radius 3 is 2.56 bits per heavy atom. The Kier molecular flexibility index (Phi) is 7.74. The topological polar surface area (TPSA) is 62.1 Å². The van der Waals surface area contributed by atoms with Crippen molar-refractivity contribution >= 4 is 5.91 Å². The summed E-state index contributed by atoms with van der Waals surface area (Å²) in [6, 6.07) is 9.65. The second kappa shape index (κ2) is 10.0. The van der Waals surface area contributed by atoms with Crippen molar-refractivity contribution in [1.82, 2.24) is 9.88 Å². The predicted molar refractivity (Wildman–Crippen MR) is 103 cm³/mol. The number of carbonyl (C=O) groups is 1. The van der Waals surface area contributed by atoms with Crippen LogP contribution in [0.1, 0.15) is 49.3 Å². The fourth-order valence-corrected chi connectivity index (χ4v) is 3.05. The lowest BCUT2D eigenvalue weighted by atomic mass is 10.0. The monoisotopic (exact) mass is 341 g/mol. The lowest BCUT2D eigenvalue weighted by Crippen LogP contribution is -2.45. The van der Waals surface area contributed by atoms with E-state index < -0.39 is 6.04 Å². The van der Waals surface area contributed by atoms with Gasteiger partial charge in [-0.05, 0) is 36.5 Å². The number of H-pyrrole nitrogens is 1. The molecule has 1 aromatic heterocycles. The molecule has 0 saturated carbocycles. The van der Waals surface area contributed by atoms with E-state index in [1.54, 1.807) is 0 Å². The van der Waals surface area contributed by atoms with Crippen LogP contribution in [0.2, 0.25) is 0 Å². The minimum absolute atomic E-state index is 0.0425. The number of nitrogens with one attached hydrogen (secondary N) is 1. The second-order valence-electron chi connectivity index (χ2n) is 6.78. The summed E-state index contributed by atoms with van der Waals surface area (Å²) in [5.41, 5.74) is 9.68. The predicted octanol–water partition coefficient (Wildman–Crippen LogP) is 3.80. The second-order valence-corrected chi connectivity index (χ2v) is 6.78. The van der Waals surface area contributed by atoms with Crippen LogP contribution in [-0.4, -0.2) is 28.4 Å². The molecule has 1 unspecified atom stereocenters. The van der Waals surface area contributed by atoms with Crippen LogP contribution >= 0.6 is 0 Å². The third-order valence-electron chi connectivity index (χ3n) is 4.63. The number of hydrogen-bond donors (Lipinski definition) is 2. The molecule has 0 fully saturated rings. The molecule has 4 heteroatoms. The molecule has 2 aromatic rings. The molecule has 25 heavy (non-hydrogen) atoms. The largest absolute Gasteiger partial charge is 0.367 e. The zero-order chi connectivity index (χ0) is 18.1. The lowest BCUT2D eigenvalue weighted by molar-refractivity contribution is -0.133. The first kappa shape index (κ1) is 19.3. The van der Waals surface area contributed by atoms with E-state index in [0.717, 1.165) is 36.1 Å². The molecule has 0 saturated heterocycles. The number of benzene rings is 1. The Morgan fingerprint density at radius 2 is 1.92 bits per heavy atom. The average Bonchev–Trinajstić information content (AvgIpc) is 3.02. The molecule has 0 radical (unpaired) electrons. The van der Waals surface area contributed by atoms with Gasteiger partial charge < -0.3 is 15.6 Å². The first-order valence-electron chi connectivity index (χ1n) is 9.32. The fraction of sp³-hybridized carbons (Fsp3) is 0.476. The van der Waals surface area contributed by atoms with Crippen molar-refractivity contribution < 1.29 is 4.79 Å². The van der Waals surface area contributed by atoms with Gasteiger partial charge in [-0.25, -0.2) is 0 Å². The Hall–Kier alpha value is -2.07. The number of nitrogens with zero attached hydrogens (tertiary/aromatic N) is 1. The first-order chi connectivity index (χ1) is 12.1. The van der Waals surface area contributed by atoms with Crippen LogP contribution in [0.4, 0.5) is 0 Å². The maximum absolute atomic E-state index is 12.9. The number of aromatic amines is 1. The van der Waals surface area contributed by atoms with Crippen LogP contribution in [0.5, 0.6) is 0 Å². The summed E-state index contributed by atoms with van der Waals surface area (Å²) >= 11 is 0. The summed E-state index contributed by atoms with van der Waals surface area (Å²) in [5, 5.41) is 0. The molecule has 2 rings (SSSR count). The van der Waals surface area contributed by atoms with E-state index in [4.69, 9.17) is 5.73 Å². The number of hydrogen-bond acceptors (Lipinski definition) is 2. The van der Waals surface area contributed by atoms with E-state index in [9.17, 15) is 4.79 Å². The van der Waals surface area contributed by atoms with Crippen molar-refractivity contribution in [3.63, 3.8) is 0 Å². The number of aromatic nitrogens is 1. The van der Waals surface area contributed by atoms with Gasteiger partial charge in [0.15, 0.2) is 0 Å². The SMILES string of the molecule is CCCCCCN(Cc1ccccc1)C(=O)C(N)Cc1c[nH]cc1C. The van der Waals surface area contributed by atoms with Crippen LogP contribution in [0, 0.1) is 6.92 Å². The van der Waals surface area contributed by atoms with Crippen molar-refractivity contribution in [2.24, 2.45) is 5.73 Å². The van der Waals surface area contributed by atoms with Gasteiger partial charge in [-0.2, -0.15) is 0 Å². The molecule has 1 heterocycles. The number of amides is 1. The fourth-order valence-electron chi connectivity index (χ4n) is 3.05. The summed E-state index contributed by atoms with van der Waals surface area (Å²) in [5.74, 6) is 0.0425. The molecule has 0 aliphatic heterocycles. The average molecular weight is 341 g/mol. The molecule has 0 spiro atoms. The molecule has 1 atom stereocenters. The smallest absolute Gasteiger partial charge is 0.240 e. The van der Waals surface area contributed by atoms with Gasteiger partial charge in [0.05, 0.1) is 6.04 Å². The van der Waals surface area contributed by atoms with Gasteiger partial charge in [0.1, 0.15) is 0 Å². The maximum Gasteiger partial charge on any atom is 0.240 e. The molecule has 1 amide bonds. The molecular formula is C21H31N3O. The molecule has 4 nitrogen and oxygen atoms in total. The molecule has 3 N–H and O–H groups in total. The van der Waals surface area contributed by atoms with E-state index in [1.807, 2.05) is 42.4 Å². The lowest BCUT2D eigenvalue weighted by Gasteiger charge is -2.26. The van der Waals surface area contributed by atoms with Crippen LogP contribution < -0.4 is 5.73 Å². The van der Waals surface area contributed by atoms with Crippen LogP contribution in [0.3, 0.4) is 0 Å². The normalized spacial score (nSPS) is 12.1. The quantitative estimate of drug-likeness (QED) is 0.646. The molecule has 136 valence electrons. The minimum atomic E-state index is -0.496. The Labute approximate surface area is 151 Å². The van der Waals surface area contributed by atoms with E-state index in [1.165, 1.54) is 12.8 Å². The van der Waals surface area contributed by atoms with Crippen LogP contribution in [0.25, 0.3) is 0 Å². The molecule has 0 aliphatic carbocycles. The van der Waals surface area contributed by atoms with Gasteiger partial charge in [0.25, 0.3) is 0 Å². The van der Waals surface area contributed by atoms with Crippen molar-refractivity contribution in [1.29, 1.82) is 0 Å². The highest BCUT2D eigenvalue weighted by Crippen LogP contribution is 2.13. The van der Waals surface area contributed by atoms with Crippen LogP contribution in [-0.2, 0) is 17.8 Å². The molecule has 0 aliphatic rings. The molecule has 0 bridgehead atoms. The maximum atomic E-state index is 12.9. The van der Waals surface area contributed by atoms with Gasteiger partial charge in [0.2, 0.25) is 5.91 Å². The van der Waals surface area contributed by atoms with Crippen molar-refractivity contribution in [3.05, 3.63) is 59.4 Å². The molecule has 1 aromatic carbocycles.